The number of amides is 1. The van der Waals surface area contributed by atoms with Crippen molar-refractivity contribution in [3.8, 4) is 17.2 Å². The number of para-hydroxylation sites is 1. The minimum absolute atomic E-state index is 0.337. The normalized spacial score (nSPS) is 11.8. The number of carbonyl (C=O) groups excluding carboxylic acids is 1. The lowest BCUT2D eigenvalue weighted by atomic mass is 10.2. The molecule has 0 aliphatic rings. The molecule has 0 aromatic heterocycles. The molecule has 0 bridgehead atoms. The summed E-state index contributed by atoms with van der Waals surface area (Å²) < 4.78 is 12.3. The molecule has 1 atom stereocenters. The maximum absolute atomic E-state index is 12.1. The lowest BCUT2D eigenvalue weighted by Gasteiger charge is -2.12. The molecule has 1 N–H and O–H groups in total. The van der Waals surface area contributed by atoms with Crippen molar-refractivity contribution >= 4 is 28.1 Å². The molecule has 0 aliphatic carbocycles. The van der Waals surface area contributed by atoms with Gasteiger partial charge in [0, 0.05) is 4.47 Å². The van der Waals surface area contributed by atoms with Crippen LogP contribution in [-0.4, -0.2) is 18.2 Å². The summed E-state index contributed by atoms with van der Waals surface area (Å²) in [6.07, 6.45) is 0.883. The van der Waals surface area contributed by atoms with Crippen molar-refractivity contribution in [1.29, 1.82) is 0 Å². The van der Waals surface area contributed by atoms with E-state index in [2.05, 4.69) is 26.5 Å². The number of rotatable bonds is 7. The molecule has 3 aromatic rings. The lowest BCUT2D eigenvalue weighted by molar-refractivity contribution is -0.127. The van der Waals surface area contributed by atoms with Crippen molar-refractivity contribution in [2.45, 2.75) is 13.0 Å². The van der Waals surface area contributed by atoms with Gasteiger partial charge in [-0.25, -0.2) is 5.43 Å². The Hall–Kier alpha value is -3.12. The molecule has 0 saturated heterocycles. The van der Waals surface area contributed by atoms with Crippen LogP contribution in [0, 0.1) is 0 Å². The smallest absolute Gasteiger partial charge is 0.280 e. The van der Waals surface area contributed by atoms with E-state index in [-0.39, 0.29) is 5.91 Å². The van der Waals surface area contributed by atoms with Crippen LogP contribution in [-0.2, 0) is 4.79 Å². The molecule has 0 fully saturated rings. The summed E-state index contributed by atoms with van der Waals surface area (Å²) in [7, 11) is 0. The monoisotopic (exact) mass is 438 g/mol. The highest BCUT2D eigenvalue weighted by molar-refractivity contribution is 9.10. The first-order valence-electron chi connectivity index (χ1n) is 8.68. The van der Waals surface area contributed by atoms with Gasteiger partial charge in [0.1, 0.15) is 17.2 Å². The molecular weight excluding hydrogens is 420 g/mol. The van der Waals surface area contributed by atoms with Gasteiger partial charge in [-0.1, -0.05) is 46.3 Å². The van der Waals surface area contributed by atoms with E-state index in [1.807, 2.05) is 66.7 Å². The highest BCUT2D eigenvalue weighted by Crippen LogP contribution is 2.21. The Labute approximate surface area is 172 Å². The minimum atomic E-state index is -0.675. The fourth-order valence-corrected chi connectivity index (χ4v) is 2.58. The molecule has 0 saturated carbocycles. The van der Waals surface area contributed by atoms with Gasteiger partial charge in [-0.15, -0.1) is 0 Å². The number of hydrazone groups is 1. The molecule has 0 radical (unpaired) electrons. The van der Waals surface area contributed by atoms with Crippen LogP contribution < -0.4 is 14.9 Å². The maximum atomic E-state index is 12.1. The van der Waals surface area contributed by atoms with Gasteiger partial charge >= 0.3 is 0 Å². The van der Waals surface area contributed by atoms with Gasteiger partial charge in [0.15, 0.2) is 6.10 Å². The molecule has 3 rings (SSSR count). The number of ether oxygens (including phenoxy) is 2. The SMILES string of the molecule is CC(Oc1ccc(Br)cc1)C(=O)NN=Cc1cccc(Oc2ccccc2)c1. The average Bonchev–Trinajstić information content (AvgIpc) is 2.71. The molecule has 1 amide bonds. The molecule has 0 spiro atoms. The lowest BCUT2D eigenvalue weighted by Crippen LogP contribution is -2.33. The van der Waals surface area contributed by atoms with Gasteiger partial charge in [0.2, 0.25) is 0 Å². The number of halogens is 1. The number of hydrogen-bond acceptors (Lipinski definition) is 4. The van der Waals surface area contributed by atoms with Crippen molar-refractivity contribution in [2.75, 3.05) is 0 Å². The zero-order chi connectivity index (χ0) is 19.8. The van der Waals surface area contributed by atoms with E-state index in [4.69, 9.17) is 9.47 Å². The van der Waals surface area contributed by atoms with Gasteiger partial charge in [-0.2, -0.15) is 5.10 Å². The van der Waals surface area contributed by atoms with Gasteiger partial charge < -0.3 is 9.47 Å². The van der Waals surface area contributed by atoms with Crippen molar-refractivity contribution in [3.63, 3.8) is 0 Å². The van der Waals surface area contributed by atoms with Crippen LogP contribution >= 0.6 is 15.9 Å². The first-order valence-corrected chi connectivity index (χ1v) is 9.47. The van der Waals surface area contributed by atoms with Crippen LogP contribution in [0.4, 0.5) is 0 Å². The molecular formula is C22H19BrN2O3. The van der Waals surface area contributed by atoms with Crippen LogP contribution in [0.5, 0.6) is 17.2 Å². The van der Waals surface area contributed by atoms with E-state index >= 15 is 0 Å². The Morgan fingerprint density at radius 3 is 2.43 bits per heavy atom. The Morgan fingerprint density at radius 1 is 0.964 bits per heavy atom. The topological polar surface area (TPSA) is 59.9 Å². The number of benzene rings is 3. The largest absolute Gasteiger partial charge is 0.481 e. The molecule has 3 aromatic carbocycles. The first kappa shape index (κ1) is 19.6. The summed E-state index contributed by atoms with van der Waals surface area (Å²) in [6.45, 7) is 1.67. The molecule has 28 heavy (non-hydrogen) atoms. The summed E-state index contributed by atoms with van der Waals surface area (Å²) in [5, 5.41) is 4.00. The van der Waals surface area contributed by atoms with E-state index in [1.54, 1.807) is 25.3 Å². The van der Waals surface area contributed by atoms with E-state index in [9.17, 15) is 4.79 Å². The molecule has 1 unspecified atom stereocenters. The third-order valence-corrected chi connectivity index (χ3v) is 4.25. The fourth-order valence-electron chi connectivity index (χ4n) is 2.32. The van der Waals surface area contributed by atoms with Gasteiger partial charge in [-0.05, 0) is 61.0 Å². The average molecular weight is 439 g/mol. The fraction of sp³-hybridized carbons (Fsp3) is 0.0909. The van der Waals surface area contributed by atoms with Crippen LogP contribution in [0.15, 0.2) is 88.4 Å². The van der Waals surface area contributed by atoms with Crippen LogP contribution in [0.1, 0.15) is 12.5 Å². The number of carbonyl (C=O) groups is 1. The van der Waals surface area contributed by atoms with Gasteiger partial charge in [0.05, 0.1) is 6.21 Å². The minimum Gasteiger partial charge on any atom is -0.481 e. The Kier molecular flexibility index (Phi) is 6.81. The third-order valence-electron chi connectivity index (χ3n) is 3.72. The Bertz CT molecular complexity index is 944. The highest BCUT2D eigenvalue weighted by atomic mass is 79.9. The van der Waals surface area contributed by atoms with Crippen molar-refractivity contribution in [1.82, 2.24) is 5.43 Å². The zero-order valence-electron chi connectivity index (χ0n) is 15.2. The third kappa shape index (κ3) is 5.96. The van der Waals surface area contributed by atoms with E-state index in [0.717, 1.165) is 15.8 Å². The molecule has 6 heteroatoms. The second-order valence-corrected chi connectivity index (χ2v) is 6.85. The second kappa shape index (κ2) is 9.71. The van der Waals surface area contributed by atoms with Gasteiger partial charge in [-0.3, -0.25) is 4.79 Å². The number of nitrogens with zero attached hydrogens (tertiary/aromatic N) is 1. The van der Waals surface area contributed by atoms with Crippen LogP contribution in [0.3, 0.4) is 0 Å². The van der Waals surface area contributed by atoms with E-state index in [1.165, 1.54) is 0 Å². The van der Waals surface area contributed by atoms with Crippen molar-refractivity contribution < 1.29 is 14.3 Å². The van der Waals surface area contributed by atoms with E-state index < -0.39 is 6.10 Å². The number of nitrogens with one attached hydrogen (secondary N) is 1. The summed E-state index contributed by atoms with van der Waals surface area (Å²) in [5.41, 5.74) is 3.29. The maximum Gasteiger partial charge on any atom is 0.280 e. The predicted molar refractivity (Wildman–Crippen MR) is 113 cm³/mol. The highest BCUT2D eigenvalue weighted by Gasteiger charge is 2.13. The molecule has 0 heterocycles. The van der Waals surface area contributed by atoms with E-state index in [0.29, 0.717) is 11.5 Å². The van der Waals surface area contributed by atoms with Crippen molar-refractivity contribution in [3.05, 3.63) is 88.9 Å². The summed E-state index contributed by atoms with van der Waals surface area (Å²) in [6, 6.07) is 24.2. The molecule has 0 aliphatic heterocycles. The quantitative estimate of drug-likeness (QED) is 0.409. The van der Waals surface area contributed by atoms with Crippen LogP contribution in [0.2, 0.25) is 0 Å². The standard InChI is InChI=1S/C22H19BrN2O3/c1-16(27-20-12-10-18(23)11-13-20)22(26)25-24-15-17-6-5-9-21(14-17)28-19-7-3-2-4-8-19/h2-16H,1H3,(H,25,26). The van der Waals surface area contributed by atoms with Crippen LogP contribution in [0.25, 0.3) is 0 Å². The van der Waals surface area contributed by atoms with Crippen molar-refractivity contribution in [2.24, 2.45) is 5.10 Å². The predicted octanol–water partition coefficient (Wildman–Crippen LogP) is 5.16. The second-order valence-electron chi connectivity index (χ2n) is 5.94. The Morgan fingerprint density at radius 2 is 1.68 bits per heavy atom. The zero-order valence-corrected chi connectivity index (χ0v) is 16.8. The summed E-state index contributed by atoms with van der Waals surface area (Å²) >= 11 is 3.36. The summed E-state index contributed by atoms with van der Waals surface area (Å²) in [5.74, 6) is 1.72. The summed E-state index contributed by atoms with van der Waals surface area (Å²) in [4.78, 5) is 12.1. The molecule has 142 valence electrons. The Balaban J connectivity index is 1.54. The first-order chi connectivity index (χ1) is 13.6. The van der Waals surface area contributed by atoms with Gasteiger partial charge in [0.25, 0.3) is 5.91 Å². The number of hydrogen-bond donors (Lipinski definition) is 1. The molecule has 5 nitrogen and oxygen atoms in total.